The number of hydrogen-bond donors (Lipinski definition) is 0. The van der Waals surface area contributed by atoms with Crippen LogP contribution in [0, 0.1) is 6.92 Å². The maximum Gasteiger partial charge on any atom is 0.229 e. The van der Waals surface area contributed by atoms with E-state index in [1.54, 1.807) is 0 Å². The number of imide groups is 1. The third-order valence-corrected chi connectivity index (χ3v) is 2.76. The van der Waals surface area contributed by atoms with Crippen LogP contribution in [0.1, 0.15) is 30.8 Å². The zero-order valence-electron chi connectivity index (χ0n) is 9.36. The number of furan rings is 1. The molecule has 86 valence electrons. The SMILES string of the molecule is Cc1ccc(CCN2C(=O)CCCC2=O)o1. The Morgan fingerprint density at radius 3 is 2.50 bits per heavy atom. The molecule has 0 saturated carbocycles. The average Bonchev–Trinajstić information content (AvgIpc) is 2.63. The van der Waals surface area contributed by atoms with Crippen LogP contribution in [0.4, 0.5) is 0 Å². The van der Waals surface area contributed by atoms with Crippen molar-refractivity contribution in [3.63, 3.8) is 0 Å². The van der Waals surface area contributed by atoms with Crippen molar-refractivity contribution in [1.82, 2.24) is 4.90 Å². The highest BCUT2D eigenvalue weighted by atomic mass is 16.3. The van der Waals surface area contributed by atoms with Crippen molar-refractivity contribution < 1.29 is 14.0 Å². The number of amides is 2. The lowest BCUT2D eigenvalue weighted by Crippen LogP contribution is -2.41. The van der Waals surface area contributed by atoms with Gasteiger partial charge in [-0.05, 0) is 25.5 Å². The standard InChI is InChI=1S/C12H15NO3/c1-9-5-6-10(16-9)7-8-13-11(14)3-2-4-12(13)15/h5-6H,2-4,7-8H2,1H3. The number of rotatable bonds is 3. The molecule has 0 atom stereocenters. The van der Waals surface area contributed by atoms with Crippen LogP contribution in [0.15, 0.2) is 16.5 Å². The van der Waals surface area contributed by atoms with Crippen LogP contribution in [0.25, 0.3) is 0 Å². The number of hydrogen-bond acceptors (Lipinski definition) is 3. The molecule has 0 N–H and O–H groups in total. The molecule has 1 saturated heterocycles. The minimum Gasteiger partial charge on any atom is -0.466 e. The van der Waals surface area contributed by atoms with E-state index in [9.17, 15) is 9.59 Å². The molecule has 0 aliphatic carbocycles. The summed E-state index contributed by atoms with van der Waals surface area (Å²) in [6.07, 6.45) is 2.27. The number of piperidine rings is 1. The van der Waals surface area contributed by atoms with Crippen molar-refractivity contribution >= 4 is 11.8 Å². The van der Waals surface area contributed by atoms with E-state index >= 15 is 0 Å². The summed E-state index contributed by atoms with van der Waals surface area (Å²) < 4.78 is 5.40. The maximum atomic E-state index is 11.5. The minimum absolute atomic E-state index is 0.0560. The van der Waals surface area contributed by atoms with Gasteiger partial charge in [-0.3, -0.25) is 14.5 Å². The van der Waals surface area contributed by atoms with Gasteiger partial charge in [-0.25, -0.2) is 0 Å². The normalized spacial score (nSPS) is 16.9. The zero-order chi connectivity index (χ0) is 11.5. The Balaban J connectivity index is 1.93. The van der Waals surface area contributed by atoms with Crippen LogP contribution in [0.2, 0.25) is 0 Å². The summed E-state index contributed by atoms with van der Waals surface area (Å²) >= 11 is 0. The fraction of sp³-hybridized carbons (Fsp3) is 0.500. The van der Waals surface area contributed by atoms with Crippen LogP contribution < -0.4 is 0 Å². The number of aryl methyl sites for hydroxylation is 1. The topological polar surface area (TPSA) is 50.5 Å². The number of carbonyl (C=O) groups excluding carboxylic acids is 2. The van der Waals surface area contributed by atoms with E-state index in [0.29, 0.717) is 32.2 Å². The van der Waals surface area contributed by atoms with Gasteiger partial charge in [0.1, 0.15) is 11.5 Å². The first-order valence-corrected chi connectivity index (χ1v) is 5.55. The second kappa shape index (κ2) is 4.51. The van der Waals surface area contributed by atoms with E-state index in [-0.39, 0.29) is 11.8 Å². The molecule has 0 unspecified atom stereocenters. The lowest BCUT2D eigenvalue weighted by Gasteiger charge is -2.24. The van der Waals surface area contributed by atoms with Gasteiger partial charge in [0, 0.05) is 25.8 Å². The van der Waals surface area contributed by atoms with Gasteiger partial charge in [-0.2, -0.15) is 0 Å². The molecule has 1 aliphatic rings. The lowest BCUT2D eigenvalue weighted by molar-refractivity contribution is -0.147. The third-order valence-electron chi connectivity index (χ3n) is 2.76. The van der Waals surface area contributed by atoms with Crippen molar-refractivity contribution in [2.24, 2.45) is 0 Å². The largest absolute Gasteiger partial charge is 0.466 e. The van der Waals surface area contributed by atoms with Crippen molar-refractivity contribution in [3.05, 3.63) is 23.7 Å². The number of likely N-dealkylation sites (tertiary alicyclic amines) is 1. The molecular weight excluding hydrogens is 206 g/mol. The van der Waals surface area contributed by atoms with Gasteiger partial charge in [0.05, 0.1) is 0 Å². The second-order valence-electron chi connectivity index (χ2n) is 4.06. The zero-order valence-corrected chi connectivity index (χ0v) is 9.36. The first-order valence-electron chi connectivity index (χ1n) is 5.55. The van der Waals surface area contributed by atoms with E-state index in [1.807, 2.05) is 19.1 Å². The quantitative estimate of drug-likeness (QED) is 0.729. The Hall–Kier alpha value is -1.58. The molecule has 4 nitrogen and oxygen atoms in total. The van der Waals surface area contributed by atoms with Gasteiger partial charge < -0.3 is 4.42 Å². The monoisotopic (exact) mass is 221 g/mol. The van der Waals surface area contributed by atoms with Crippen LogP contribution in [-0.4, -0.2) is 23.3 Å². The fourth-order valence-electron chi connectivity index (χ4n) is 1.89. The van der Waals surface area contributed by atoms with E-state index in [4.69, 9.17) is 4.42 Å². The maximum absolute atomic E-state index is 11.5. The van der Waals surface area contributed by atoms with Crippen LogP contribution >= 0.6 is 0 Å². The molecule has 1 aliphatic heterocycles. The predicted molar refractivity (Wildman–Crippen MR) is 57.7 cm³/mol. The van der Waals surface area contributed by atoms with Gasteiger partial charge in [0.2, 0.25) is 11.8 Å². The Kier molecular flexibility index (Phi) is 3.08. The molecule has 4 heteroatoms. The van der Waals surface area contributed by atoms with Gasteiger partial charge in [0.25, 0.3) is 0 Å². The van der Waals surface area contributed by atoms with Crippen molar-refractivity contribution in [2.45, 2.75) is 32.6 Å². The van der Waals surface area contributed by atoms with Crippen LogP contribution in [0.5, 0.6) is 0 Å². The average molecular weight is 221 g/mol. The number of carbonyl (C=O) groups is 2. The van der Waals surface area contributed by atoms with Gasteiger partial charge >= 0.3 is 0 Å². The Morgan fingerprint density at radius 2 is 1.94 bits per heavy atom. The molecule has 0 bridgehead atoms. The first-order chi connectivity index (χ1) is 7.66. The lowest BCUT2D eigenvalue weighted by atomic mass is 10.1. The summed E-state index contributed by atoms with van der Waals surface area (Å²) in [7, 11) is 0. The molecule has 0 radical (unpaired) electrons. The van der Waals surface area contributed by atoms with E-state index in [0.717, 1.165) is 11.5 Å². The molecule has 16 heavy (non-hydrogen) atoms. The highest BCUT2D eigenvalue weighted by Gasteiger charge is 2.25. The molecule has 1 aromatic heterocycles. The van der Waals surface area contributed by atoms with Crippen molar-refractivity contribution in [2.75, 3.05) is 6.54 Å². The van der Waals surface area contributed by atoms with E-state index in [2.05, 4.69) is 0 Å². The van der Waals surface area contributed by atoms with Gasteiger partial charge in [-0.15, -0.1) is 0 Å². The molecule has 0 spiro atoms. The predicted octanol–water partition coefficient (Wildman–Crippen LogP) is 1.67. The molecule has 1 fully saturated rings. The molecule has 2 amide bonds. The fourth-order valence-corrected chi connectivity index (χ4v) is 1.89. The first kappa shape index (κ1) is 10.9. The third kappa shape index (κ3) is 2.32. The van der Waals surface area contributed by atoms with E-state index < -0.39 is 0 Å². The smallest absolute Gasteiger partial charge is 0.229 e. The van der Waals surface area contributed by atoms with Crippen molar-refractivity contribution in [1.29, 1.82) is 0 Å². The Labute approximate surface area is 94.2 Å². The van der Waals surface area contributed by atoms with E-state index in [1.165, 1.54) is 4.90 Å². The van der Waals surface area contributed by atoms with Crippen LogP contribution in [0.3, 0.4) is 0 Å². The van der Waals surface area contributed by atoms with Crippen molar-refractivity contribution in [3.8, 4) is 0 Å². The second-order valence-corrected chi connectivity index (χ2v) is 4.06. The number of nitrogens with zero attached hydrogens (tertiary/aromatic N) is 1. The molecule has 0 aromatic carbocycles. The summed E-state index contributed by atoms with van der Waals surface area (Å²) in [4.78, 5) is 24.4. The summed E-state index contributed by atoms with van der Waals surface area (Å²) in [6, 6.07) is 3.77. The Morgan fingerprint density at radius 1 is 1.25 bits per heavy atom. The van der Waals surface area contributed by atoms with Gasteiger partial charge in [0.15, 0.2) is 0 Å². The highest BCUT2D eigenvalue weighted by molar-refractivity contribution is 5.97. The Bertz CT molecular complexity index is 392. The molecule has 1 aromatic rings. The van der Waals surface area contributed by atoms with Crippen LogP contribution in [-0.2, 0) is 16.0 Å². The molecule has 2 heterocycles. The highest BCUT2D eigenvalue weighted by Crippen LogP contribution is 2.14. The minimum atomic E-state index is -0.0560. The molecule has 2 rings (SSSR count). The molecular formula is C12H15NO3. The van der Waals surface area contributed by atoms with Gasteiger partial charge in [-0.1, -0.05) is 0 Å². The summed E-state index contributed by atoms with van der Waals surface area (Å²) in [5, 5.41) is 0. The summed E-state index contributed by atoms with van der Waals surface area (Å²) in [5.74, 6) is 1.56. The summed E-state index contributed by atoms with van der Waals surface area (Å²) in [6.45, 7) is 2.31. The summed E-state index contributed by atoms with van der Waals surface area (Å²) in [5.41, 5.74) is 0.